The minimum atomic E-state index is -0.430. The van der Waals surface area contributed by atoms with Crippen LogP contribution in [0, 0.1) is 0 Å². The van der Waals surface area contributed by atoms with Gasteiger partial charge in [-0.15, -0.1) is 0 Å². The van der Waals surface area contributed by atoms with Crippen molar-refractivity contribution in [2.24, 2.45) is 0 Å². The van der Waals surface area contributed by atoms with Crippen molar-refractivity contribution in [2.45, 2.75) is 13.8 Å². The third-order valence-corrected chi connectivity index (χ3v) is 2.62. The van der Waals surface area contributed by atoms with Crippen molar-refractivity contribution in [1.29, 1.82) is 0 Å². The Kier molecular flexibility index (Phi) is 3.84. The lowest BCUT2D eigenvalue weighted by molar-refractivity contribution is -0.136. The fourth-order valence-corrected chi connectivity index (χ4v) is 1.92. The van der Waals surface area contributed by atoms with E-state index in [1.54, 1.807) is 12.2 Å². The zero-order valence-electron chi connectivity index (χ0n) is 11.3. The Bertz CT molecular complexity index is 738. The zero-order valence-corrected chi connectivity index (χ0v) is 11.3. The molecule has 0 unspecified atom stereocenters. The quantitative estimate of drug-likeness (QED) is 0.757. The fourth-order valence-electron chi connectivity index (χ4n) is 1.92. The second-order valence-electron chi connectivity index (χ2n) is 4.32. The number of hydrogen-bond donors (Lipinski definition) is 0. The highest BCUT2D eigenvalue weighted by Crippen LogP contribution is 2.16. The summed E-state index contributed by atoms with van der Waals surface area (Å²) >= 11 is 0. The van der Waals surface area contributed by atoms with E-state index in [9.17, 15) is 9.59 Å². The van der Waals surface area contributed by atoms with E-state index in [1.165, 1.54) is 13.8 Å². The number of esters is 2. The maximum absolute atomic E-state index is 11.2. The van der Waals surface area contributed by atoms with Gasteiger partial charge in [0.05, 0.1) is 0 Å². The van der Waals surface area contributed by atoms with Crippen LogP contribution in [0.2, 0.25) is 0 Å². The Hall–Kier alpha value is -2.62. The van der Waals surface area contributed by atoms with E-state index in [0.717, 1.165) is 10.4 Å². The van der Waals surface area contributed by atoms with Crippen LogP contribution < -0.4 is 10.4 Å². The molecular weight excluding hydrogens is 256 g/mol. The standard InChI is InChI=1S/C16H14O4/c1-10-8-14(19-11(2)17)9-13-6-4-5-7-15(13)16(10)20-12(3)18/h4-9H,1H2,2-3H3. The summed E-state index contributed by atoms with van der Waals surface area (Å²) in [6.07, 6.45) is 3.28. The molecule has 0 fully saturated rings. The van der Waals surface area contributed by atoms with Crippen molar-refractivity contribution < 1.29 is 19.1 Å². The van der Waals surface area contributed by atoms with Gasteiger partial charge in [0.15, 0.2) is 0 Å². The first-order valence-corrected chi connectivity index (χ1v) is 6.06. The second kappa shape index (κ2) is 5.57. The Morgan fingerprint density at radius 2 is 1.65 bits per heavy atom. The molecule has 1 aliphatic rings. The number of carbonyl (C=O) groups excluding carboxylic acids is 2. The lowest BCUT2D eigenvalue weighted by atomic mass is 10.1. The van der Waals surface area contributed by atoms with E-state index in [2.05, 4.69) is 6.58 Å². The predicted octanol–water partition coefficient (Wildman–Crippen LogP) is 1.16. The van der Waals surface area contributed by atoms with Crippen molar-refractivity contribution in [2.75, 3.05) is 0 Å². The molecular formula is C16H14O4. The number of allylic oxidation sites excluding steroid dienone is 1. The van der Waals surface area contributed by atoms with Gasteiger partial charge in [-0.2, -0.15) is 0 Å². The summed E-state index contributed by atoms with van der Waals surface area (Å²) < 4.78 is 10.3. The van der Waals surface area contributed by atoms with Gasteiger partial charge in [0, 0.05) is 24.6 Å². The number of carbonyl (C=O) groups is 2. The number of benzene rings is 1. The molecule has 102 valence electrons. The highest BCUT2D eigenvalue weighted by molar-refractivity contribution is 5.79. The Balaban J connectivity index is 2.66. The van der Waals surface area contributed by atoms with Crippen molar-refractivity contribution in [3.63, 3.8) is 0 Å². The summed E-state index contributed by atoms with van der Waals surface area (Å²) in [5, 5.41) is 1.51. The summed E-state index contributed by atoms with van der Waals surface area (Å²) in [5.74, 6) is -0.127. The Morgan fingerprint density at radius 3 is 2.30 bits per heavy atom. The van der Waals surface area contributed by atoms with Gasteiger partial charge in [-0.3, -0.25) is 9.59 Å². The van der Waals surface area contributed by atoms with E-state index >= 15 is 0 Å². The van der Waals surface area contributed by atoms with E-state index < -0.39 is 11.9 Å². The lowest BCUT2D eigenvalue weighted by Gasteiger charge is -2.07. The molecule has 1 aromatic carbocycles. The van der Waals surface area contributed by atoms with Crippen LogP contribution >= 0.6 is 0 Å². The molecule has 0 amide bonds. The SMILES string of the molecule is C=C1C=C(OC(C)=O)C=c2ccccc2=C1OC(C)=O. The Morgan fingerprint density at radius 1 is 1.00 bits per heavy atom. The molecule has 0 bridgehead atoms. The van der Waals surface area contributed by atoms with E-state index in [1.807, 2.05) is 24.3 Å². The van der Waals surface area contributed by atoms with Crippen molar-refractivity contribution in [3.05, 3.63) is 58.7 Å². The molecule has 1 aliphatic carbocycles. The maximum atomic E-state index is 11.2. The van der Waals surface area contributed by atoms with E-state index in [0.29, 0.717) is 17.1 Å². The summed E-state index contributed by atoms with van der Waals surface area (Å²) in [6.45, 7) is 6.52. The minimum Gasteiger partial charge on any atom is -0.427 e. The van der Waals surface area contributed by atoms with Crippen LogP contribution in [0.5, 0.6) is 0 Å². The van der Waals surface area contributed by atoms with Gasteiger partial charge in [0.25, 0.3) is 0 Å². The highest BCUT2D eigenvalue weighted by atomic mass is 16.5. The van der Waals surface area contributed by atoms with Gasteiger partial charge in [0.2, 0.25) is 0 Å². The molecule has 20 heavy (non-hydrogen) atoms. The van der Waals surface area contributed by atoms with Crippen molar-refractivity contribution in [1.82, 2.24) is 0 Å². The van der Waals surface area contributed by atoms with Crippen molar-refractivity contribution in [3.8, 4) is 0 Å². The van der Waals surface area contributed by atoms with Crippen LogP contribution in [0.4, 0.5) is 0 Å². The largest absolute Gasteiger partial charge is 0.427 e. The molecule has 0 N–H and O–H groups in total. The highest BCUT2D eigenvalue weighted by Gasteiger charge is 2.12. The van der Waals surface area contributed by atoms with Crippen LogP contribution in [0.1, 0.15) is 13.8 Å². The Labute approximate surface area is 116 Å². The summed E-state index contributed by atoms with van der Waals surface area (Å²) in [4.78, 5) is 22.3. The predicted molar refractivity (Wildman–Crippen MR) is 74.3 cm³/mol. The summed E-state index contributed by atoms with van der Waals surface area (Å²) in [7, 11) is 0. The normalized spacial score (nSPS) is 13.6. The van der Waals surface area contributed by atoms with Crippen molar-refractivity contribution >= 4 is 23.8 Å². The summed E-state index contributed by atoms with van der Waals surface area (Å²) in [6, 6.07) is 7.34. The van der Waals surface area contributed by atoms with Gasteiger partial charge in [0.1, 0.15) is 11.5 Å². The first-order chi connectivity index (χ1) is 9.47. The minimum absolute atomic E-state index is 0.358. The lowest BCUT2D eigenvalue weighted by Crippen LogP contribution is -2.27. The topological polar surface area (TPSA) is 52.6 Å². The molecule has 0 aliphatic heterocycles. The van der Waals surface area contributed by atoms with Crippen LogP contribution in [-0.2, 0) is 19.1 Å². The van der Waals surface area contributed by atoms with E-state index in [4.69, 9.17) is 9.47 Å². The first kappa shape index (κ1) is 13.8. The van der Waals surface area contributed by atoms with E-state index in [-0.39, 0.29) is 0 Å². The molecule has 4 heteroatoms. The molecule has 0 atom stereocenters. The molecule has 0 heterocycles. The average molecular weight is 270 g/mol. The van der Waals surface area contributed by atoms with Gasteiger partial charge >= 0.3 is 11.9 Å². The number of fused-ring (bicyclic) bond motifs is 1. The van der Waals surface area contributed by atoms with Crippen LogP contribution in [0.3, 0.4) is 0 Å². The van der Waals surface area contributed by atoms with Crippen LogP contribution in [0.15, 0.2) is 48.3 Å². The van der Waals surface area contributed by atoms with Gasteiger partial charge in [-0.1, -0.05) is 30.8 Å². The van der Waals surface area contributed by atoms with Gasteiger partial charge < -0.3 is 9.47 Å². The molecule has 0 saturated heterocycles. The zero-order chi connectivity index (χ0) is 14.7. The molecule has 1 aromatic rings. The molecule has 0 spiro atoms. The number of hydrogen-bond acceptors (Lipinski definition) is 4. The van der Waals surface area contributed by atoms with Crippen LogP contribution in [-0.4, -0.2) is 11.9 Å². The monoisotopic (exact) mass is 270 g/mol. The molecule has 0 radical (unpaired) electrons. The molecule has 0 aromatic heterocycles. The smallest absolute Gasteiger partial charge is 0.308 e. The third-order valence-electron chi connectivity index (χ3n) is 2.62. The maximum Gasteiger partial charge on any atom is 0.308 e. The van der Waals surface area contributed by atoms with Crippen LogP contribution in [0.25, 0.3) is 11.8 Å². The average Bonchev–Trinajstić information content (AvgIpc) is 2.46. The molecule has 0 saturated carbocycles. The molecule has 2 rings (SSSR count). The number of rotatable bonds is 2. The summed E-state index contributed by atoms with van der Waals surface area (Å²) in [5.41, 5.74) is 0.470. The third kappa shape index (κ3) is 3.03. The second-order valence-corrected chi connectivity index (χ2v) is 4.32. The molecule has 4 nitrogen and oxygen atoms in total. The first-order valence-electron chi connectivity index (χ1n) is 6.06. The fraction of sp³-hybridized carbons (Fsp3) is 0.125. The van der Waals surface area contributed by atoms with Gasteiger partial charge in [-0.25, -0.2) is 0 Å². The number of ether oxygens (including phenoxy) is 2. The van der Waals surface area contributed by atoms with Gasteiger partial charge in [-0.05, 0) is 17.4 Å².